The first kappa shape index (κ1) is 20.8. The van der Waals surface area contributed by atoms with Gasteiger partial charge in [0.25, 0.3) is 0 Å². The molecule has 3 aromatic rings. The van der Waals surface area contributed by atoms with Gasteiger partial charge in [0.2, 0.25) is 17.7 Å². The number of benzene rings is 1. The Bertz CT molecular complexity index is 918. The molecule has 1 aliphatic heterocycles. The zero-order valence-corrected chi connectivity index (χ0v) is 18.1. The lowest BCUT2D eigenvalue weighted by atomic mass is 9.97. The number of piperidine rings is 1. The second kappa shape index (κ2) is 10.00. The van der Waals surface area contributed by atoms with E-state index in [1.165, 1.54) is 17.7 Å². The van der Waals surface area contributed by atoms with Gasteiger partial charge in [0, 0.05) is 29.8 Å². The fraction of sp³-hybridized carbons (Fsp3) is 0.435. The van der Waals surface area contributed by atoms with E-state index in [-0.39, 0.29) is 11.9 Å². The monoisotopic (exact) mass is 424 g/mol. The summed E-state index contributed by atoms with van der Waals surface area (Å²) in [5, 5.41) is 13.4. The van der Waals surface area contributed by atoms with Gasteiger partial charge in [-0.15, -0.1) is 21.5 Å². The summed E-state index contributed by atoms with van der Waals surface area (Å²) in [6.07, 6.45) is 3.22. The third-order valence-electron chi connectivity index (χ3n) is 5.68. The van der Waals surface area contributed by atoms with Crippen LogP contribution < -0.4 is 5.32 Å². The molecule has 1 saturated heterocycles. The summed E-state index contributed by atoms with van der Waals surface area (Å²) in [7, 11) is 0. The van der Waals surface area contributed by atoms with E-state index in [0.29, 0.717) is 31.2 Å². The van der Waals surface area contributed by atoms with Crippen LogP contribution >= 0.6 is 11.3 Å². The molecule has 0 radical (unpaired) electrons. The predicted molar refractivity (Wildman–Crippen MR) is 118 cm³/mol. The number of hydrogen-bond donors (Lipinski definition) is 1. The highest BCUT2D eigenvalue weighted by molar-refractivity contribution is 7.10. The standard InChI is InChI=1S/C23H28N4O2S/c1-17-11-13-27(14-12-17)19(20-8-5-15-30-20)16-24-21(28)9-10-22-25-26-23(29-22)18-6-3-2-4-7-18/h2-8,15,17,19H,9-14,16H2,1H3,(H,24,28). The second-order valence-electron chi connectivity index (χ2n) is 7.92. The van der Waals surface area contributed by atoms with Crippen molar-refractivity contribution in [2.75, 3.05) is 19.6 Å². The largest absolute Gasteiger partial charge is 0.421 e. The van der Waals surface area contributed by atoms with Crippen LogP contribution in [0.3, 0.4) is 0 Å². The number of aromatic nitrogens is 2. The number of amides is 1. The molecule has 4 rings (SSSR count). The van der Waals surface area contributed by atoms with Gasteiger partial charge in [-0.1, -0.05) is 31.2 Å². The molecule has 0 spiro atoms. The maximum absolute atomic E-state index is 12.5. The predicted octanol–water partition coefficient (Wildman–Crippen LogP) is 4.32. The molecule has 7 heteroatoms. The molecule has 3 heterocycles. The smallest absolute Gasteiger partial charge is 0.247 e. The summed E-state index contributed by atoms with van der Waals surface area (Å²) >= 11 is 1.76. The first-order valence-electron chi connectivity index (χ1n) is 10.6. The highest BCUT2D eigenvalue weighted by atomic mass is 32.1. The first-order chi connectivity index (χ1) is 14.7. The highest BCUT2D eigenvalue weighted by Gasteiger charge is 2.25. The molecule has 1 aromatic carbocycles. The first-order valence-corrected chi connectivity index (χ1v) is 11.5. The summed E-state index contributed by atoms with van der Waals surface area (Å²) < 4.78 is 5.70. The van der Waals surface area contributed by atoms with Crippen LogP contribution in [0.4, 0.5) is 0 Å². The number of hydrogen-bond acceptors (Lipinski definition) is 6. The van der Waals surface area contributed by atoms with Crippen molar-refractivity contribution in [3.8, 4) is 11.5 Å². The quantitative estimate of drug-likeness (QED) is 0.583. The van der Waals surface area contributed by atoms with E-state index >= 15 is 0 Å². The molecule has 6 nitrogen and oxygen atoms in total. The Morgan fingerprint density at radius 1 is 1.20 bits per heavy atom. The minimum absolute atomic E-state index is 0.0152. The molecule has 1 unspecified atom stereocenters. The van der Waals surface area contributed by atoms with Gasteiger partial charge in [-0.25, -0.2) is 0 Å². The van der Waals surface area contributed by atoms with Gasteiger partial charge in [0.1, 0.15) is 0 Å². The van der Waals surface area contributed by atoms with Crippen molar-refractivity contribution in [1.29, 1.82) is 0 Å². The molecule has 2 aromatic heterocycles. The molecule has 1 fully saturated rings. The normalized spacial score (nSPS) is 16.4. The average molecular weight is 425 g/mol. The Hall–Kier alpha value is -2.51. The van der Waals surface area contributed by atoms with Crippen LogP contribution in [0, 0.1) is 5.92 Å². The lowest BCUT2D eigenvalue weighted by molar-refractivity contribution is -0.121. The van der Waals surface area contributed by atoms with Gasteiger partial charge in [-0.2, -0.15) is 0 Å². The van der Waals surface area contributed by atoms with E-state index < -0.39 is 0 Å². The summed E-state index contributed by atoms with van der Waals surface area (Å²) in [6, 6.07) is 14.2. The van der Waals surface area contributed by atoms with Gasteiger partial charge in [-0.3, -0.25) is 9.69 Å². The van der Waals surface area contributed by atoms with Crippen molar-refractivity contribution in [3.63, 3.8) is 0 Å². The molecule has 158 valence electrons. The summed E-state index contributed by atoms with van der Waals surface area (Å²) in [4.78, 5) is 16.3. The van der Waals surface area contributed by atoms with E-state index in [2.05, 4.69) is 44.9 Å². The molecule has 30 heavy (non-hydrogen) atoms. The van der Waals surface area contributed by atoms with Crippen LogP contribution in [-0.2, 0) is 11.2 Å². The van der Waals surface area contributed by atoms with Gasteiger partial charge >= 0.3 is 0 Å². The van der Waals surface area contributed by atoms with Crippen LogP contribution in [0.5, 0.6) is 0 Å². The fourth-order valence-corrected chi connectivity index (χ4v) is 4.66. The molecular formula is C23H28N4O2S. The van der Waals surface area contributed by atoms with E-state index in [1.807, 2.05) is 30.3 Å². The van der Waals surface area contributed by atoms with Crippen molar-refractivity contribution in [1.82, 2.24) is 20.4 Å². The average Bonchev–Trinajstić information content (AvgIpc) is 3.47. The van der Waals surface area contributed by atoms with Crippen molar-refractivity contribution in [3.05, 3.63) is 58.6 Å². The van der Waals surface area contributed by atoms with Crippen molar-refractivity contribution >= 4 is 17.2 Å². The molecule has 1 amide bonds. The molecule has 0 aliphatic carbocycles. The van der Waals surface area contributed by atoms with Crippen molar-refractivity contribution < 1.29 is 9.21 Å². The Morgan fingerprint density at radius 2 is 2.00 bits per heavy atom. The maximum Gasteiger partial charge on any atom is 0.247 e. The maximum atomic E-state index is 12.5. The molecule has 0 bridgehead atoms. The SMILES string of the molecule is CC1CCN(C(CNC(=O)CCc2nnc(-c3ccccc3)o2)c2cccs2)CC1. The molecule has 1 N–H and O–H groups in total. The van der Waals surface area contributed by atoms with Crippen LogP contribution in [-0.4, -0.2) is 40.6 Å². The third kappa shape index (κ3) is 5.34. The Kier molecular flexibility index (Phi) is 6.92. The number of rotatable bonds is 8. The third-order valence-corrected chi connectivity index (χ3v) is 6.65. The Labute approximate surface area is 181 Å². The van der Waals surface area contributed by atoms with Crippen LogP contribution in [0.1, 0.15) is 43.0 Å². The van der Waals surface area contributed by atoms with E-state index in [0.717, 1.165) is 24.6 Å². The second-order valence-corrected chi connectivity index (χ2v) is 8.90. The summed E-state index contributed by atoms with van der Waals surface area (Å²) in [6.45, 7) is 5.13. The fourth-order valence-electron chi connectivity index (χ4n) is 3.80. The topological polar surface area (TPSA) is 71.3 Å². The number of nitrogens with zero attached hydrogens (tertiary/aromatic N) is 3. The number of aryl methyl sites for hydroxylation is 1. The van der Waals surface area contributed by atoms with E-state index in [1.54, 1.807) is 11.3 Å². The minimum atomic E-state index is 0.0152. The van der Waals surface area contributed by atoms with Crippen molar-refractivity contribution in [2.24, 2.45) is 5.92 Å². The van der Waals surface area contributed by atoms with Gasteiger partial charge < -0.3 is 9.73 Å². The zero-order chi connectivity index (χ0) is 20.8. The van der Waals surface area contributed by atoms with Gasteiger partial charge in [0.05, 0.1) is 6.04 Å². The Morgan fingerprint density at radius 3 is 2.73 bits per heavy atom. The molecule has 1 atom stereocenters. The minimum Gasteiger partial charge on any atom is -0.421 e. The number of thiophene rings is 1. The highest BCUT2D eigenvalue weighted by Crippen LogP contribution is 2.29. The zero-order valence-electron chi connectivity index (χ0n) is 17.3. The molecule has 1 aliphatic rings. The van der Waals surface area contributed by atoms with E-state index in [4.69, 9.17) is 4.42 Å². The lowest BCUT2D eigenvalue weighted by Gasteiger charge is -2.36. The molecular weight excluding hydrogens is 396 g/mol. The van der Waals surface area contributed by atoms with Crippen LogP contribution in [0.15, 0.2) is 52.3 Å². The van der Waals surface area contributed by atoms with Gasteiger partial charge in [-0.05, 0) is 55.4 Å². The van der Waals surface area contributed by atoms with E-state index in [9.17, 15) is 4.79 Å². The number of carbonyl (C=O) groups excluding carboxylic acids is 1. The number of nitrogens with one attached hydrogen (secondary N) is 1. The van der Waals surface area contributed by atoms with Crippen LogP contribution in [0.2, 0.25) is 0 Å². The number of likely N-dealkylation sites (tertiary alicyclic amines) is 1. The summed E-state index contributed by atoms with van der Waals surface area (Å²) in [5.41, 5.74) is 0.885. The van der Waals surface area contributed by atoms with Crippen molar-refractivity contribution in [2.45, 2.75) is 38.6 Å². The Balaban J connectivity index is 1.29. The lowest BCUT2D eigenvalue weighted by Crippen LogP contribution is -2.41. The molecule has 0 saturated carbocycles. The number of carbonyl (C=O) groups is 1. The van der Waals surface area contributed by atoms with Gasteiger partial charge in [0.15, 0.2) is 0 Å². The summed E-state index contributed by atoms with van der Waals surface area (Å²) in [5.74, 6) is 1.78. The van der Waals surface area contributed by atoms with Crippen LogP contribution in [0.25, 0.3) is 11.5 Å².